The molecule has 1 amide bonds. The van der Waals surface area contributed by atoms with E-state index in [2.05, 4.69) is 6.92 Å². The summed E-state index contributed by atoms with van der Waals surface area (Å²) in [6, 6.07) is 0. The molecule has 0 rings (SSSR count). The quantitative estimate of drug-likeness (QED) is 0.197. The largest absolute Gasteiger partial charge is 0.383 e. The zero-order chi connectivity index (χ0) is 20.0. The minimum absolute atomic E-state index is 0.522. The van der Waals surface area contributed by atoms with Gasteiger partial charge in [-0.2, -0.15) is 0 Å². The van der Waals surface area contributed by atoms with E-state index in [1.54, 1.807) is 0 Å². The second-order valence-electron chi connectivity index (χ2n) is 8.42. The van der Waals surface area contributed by atoms with Crippen LogP contribution >= 0.6 is 0 Å². The molecule has 0 radical (unpaired) electrons. The molecule has 0 fully saturated rings. The topological polar surface area (TPSA) is 63.3 Å². The van der Waals surface area contributed by atoms with Gasteiger partial charge < -0.3 is 10.8 Å². The lowest BCUT2D eigenvalue weighted by atomic mass is 10.0. The van der Waals surface area contributed by atoms with Crippen molar-refractivity contribution in [3.63, 3.8) is 0 Å². The van der Waals surface area contributed by atoms with E-state index >= 15 is 0 Å². The Morgan fingerprint density at radius 3 is 1.11 bits per heavy atom. The fourth-order valence-electron chi connectivity index (χ4n) is 3.74. The molecule has 27 heavy (non-hydrogen) atoms. The van der Waals surface area contributed by atoms with Gasteiger partial charge in [0.05, 0.1) is 0 Å². The van der Waals surface area contributed by atoms with E-state index in [4.69, 9.17) is 5.73 Å². The average Bonchev–Trinajstić information content (AvgIpc) is 2.66. The van der Waals surface area contributed by atoms with Crippen molar-refractivity contribution in [2.45, 2.75) is 148 Å². The van der Waals surface area contributed by atoms with Crippen molar-refractivity contribution in [1.29, 1.82) is 0 Å². The number of rotatable bonds is 22. The van der Waals surface area contributed by atoms with Crippen LogP contribution in [-0.2, 0) is 4.79 Å². The van der Waals surface area contributed by atoms with Gasteiger partial charge in [0.2, 0.25) is 5.91 Å². The van der Waals surface area contributed by atoms with Crippen LogP contribution in [0.5, 0.6) is 0 Å². The molecule has 0 aliphatic rings. The molecular formula is C24H49NO2. The number of carbonyl (C=O) groups is 1. The highest BCUT2D eigenvalue weighted by atomic mass is 16.3. The highest BCUT2D eigenvalue weighted by Gasteiger charge is 2.09. The molecule has 0 saturated carbocycles. The van der Waals surface area contributed by atoms with Crippen LogP contribution in [-0.4, -0.2) is 17.1 Å². The molecule has 0 spiro atoms. The molecule has 0 heterocycles. The van der Waals surface area contributed by atoms with E-state index in [1.165, 1.54) is 116 Å². The summed E-state index contributed by atoms with van der Waals surface area (Å²) in [5.74, 6) is -0.590. The van der Waals surface area contributed by atoms with Crippen LogP contribution in [0, 0.1) is 0 Å². The van der Waals surface area contributed by atoms with Gasteiger partial charge in [-0.25, -0.2) is 0 Å². The van der Waals surface area contributed by atoms with Crippen molar-refractivity contribution in [1.82, 2.24) is 0 Å². The molecule has 3 nitrogen and oxygen atoms in total. The van der Waals surface area contributed by atoms with E-state index in [-0.39, 0.29) is 0 Å². The fourth-order valence-corrected chi connectivity index (χ4v) is 3.74. The molecule has 0 aromatic rings. The first kappa shape index (κ1) is 26.4. The van der Waals surface area contributed by atoms with Crippen LogP contribution in [0.3, 0.4) is 0 Å². The molecule has 0 aliphatic heterocycles. The smallest absolute Gasteiger partial charge is 0.246 e. The molecule has 3 N–H and O–H groups in total. The maximum absolute atomic E-state index is 10.7. The van der Waals surface area contributed by atoms with E-state index in [0.717, 1.165) is 12.8 Å². The molecule has 3 heteroatoms. The standard InChI is InChI=1S/C24H49NO2/c1-2-3-4-5-6-7-8-9-10-11-12-13-14-15-16-17-18-19-20-21-22-23(26)24(25)27/h23,26H,2-22H2,1H3,(H2,25,27)/t23-/m0/s1. The van der Waals surface area contributed by atoms with Crippen molar-refractivity contribution in [3.8, 4) is 0 Å². The summed E-state index contributed by atoms with van der Waals surface area (Å²) in [6.45, 7) is 2.28. The molecule has 0 aliphatic carbocycles. The van der Waals surface area contributed by atoms with Gasteiger partial charge in [-0.1, -0.05) is 135 Å². The summed E-state index contributed by atoms with van der Waals surface area (Å²) in [6.07, 6.45) is 26.8. The number of amides is 1. The molecule has 0 saturated heterocycles. The van der Waals surface area contributed by atoms with E-state index in [0.29, 0.717) is 6.42 Å². The third-order valence-corrected chi connectivity index (χ3v) is 5.66. The third-order valence-electron chi connectivity index (χ3n) is 5.66. The molecule has 0 aromatic carbocycles. The fraction of sp³-hybridized carbons (Fsp3) is 0.958. The first-order valence-electron chi connectivity index (χ1n) is 12.2. The summed E-state index contributed by atoms with van der Waals surface area (Å²) < 4.78 is 0. The Kier molecular flexibility index (Phi) is 21.3. The van der Waals surface area contributed by atoms with Gasteiger partial charge in [-0.15, -0.1) is 0 Å². The third kappa shape index (κ3) is 21.6. The summed E-state index contributed by atoms with van der Waals surface area (Å²) in [5.41, 5.74) is 5.03. The van der Waals surface area contributed by atoms with Crippen molar-refractivity contribution < 1.29 is 9.90 Å². The van der Waals surface area contributed by atoms with E-state index < -0.39 is 12.0 Å². The molecule has 162 valence electrons. The predicted octanol–water partition coefficient (Wildman–Crippen LogP) is 7.04. The van der Waals surface area contributed by atoms with Gasteiger partial charge >= 0.3 is 0 Å². The minimum atomic E-state index is -0.944. The summed E-state index contributed by atoms with van der Waals surface area (Å²) in [5, 5.41) is 9.30. The van der Waals surface area contributed by atoms with Gasteiger partial charge in [0, 0.05) is 0 Å². The van der Waals surface area contributed by atoms with Crippen LogP contribution in [0.1, 0.15) is 142 Å². The monoisotopic (exact) mass is 383 g/mol. The maximum Gasteiger partial charge on any atom is 0.246 e. The molecule has 0 aromatic heterocycles. The van der Waals surface area contributed by atoms with Crippen LogP contribution < -0.4 is 5.73 Å². The summed E-state index contributed by atoms with van der Waals surface area (Å²) >= 11 is 0. The number of primary amides is 1. The summed E-state index contributed by atoms with van der Waals surface area (Å²) in [7, 11) is 0. The van der Waals surface area contributed by atoms with Gasteiger partial charge in [0.1, 0.15) is 6.10 Å². The van der Waals surface area contributed by atoms with E-state index in [9.17, 15) is 9.90 Å². The van der Waals surface area contributed by atoms with Crippen molar-refractivity contribution in [2.24, 2.45) is 5.73 Å². The average molecular weight is 384 g/mol. The zero-order valence-corrected chi connectivity index (χ0v) is 18.4. The highest BCUT2D eigenvalue weighted by molar-refractivity contribution is 5.78. The van der Waals surface area contributed by atoms with Crippen LogP contribution in [0.4, 0.5) is 0 Å². The number of aliphatic hydroxyl groups excluding tert-OH is 1. The number of aliphatic hydroxyl groups is 1. The lowest BCUT2D eigenvalue weighted by molar-refractivity contribution is -0.126. The molecule has 1 atom stereocenters. The first-order chi connectivity index (χ1) is 13.2. The number of carbonyl (C=O) groups excluding carboxylic acids is 1. The Bertz CT molecular complexity index is 307. The summed E-state index contributed by atoms with van der Waals surface area (Å²) in [4.78, 5) is 10.7. The second kappa shape index (κ2) is 21.7. The Balaban J connectivity index is 3.04. The predicted molar refractivity (Wildman–Crippen MR) is 118 cm³/mol. The molecule has 0 bridgehead atoms. The van der Waals surface area contributed by atoms with Gasteiger partial charge in [-0.05, 0) is 6.42 Å². The Morgan fingerprint density at radius 1 is 0.593 bits per heavy atom. The van der Waals surface area contributed by atoms with Crippen LogP contribution in [0.2, 0.25) is 0 Å². The molecular weight excluding hydrogens is 334 g/mol. The van der Waals surface area contributed by atoms with Gasteiger partial charge in [0.25, 0.3) is 0 Å². The Labute approximate surface area is 169 Å². The van der Waals surface area contributed by atoms with Crippen LogP contribution in [0.15, 0.2) is 0 Å². The van der Waals surface area contributed by atoms with Crippen LogP contribution in [0.25, 0.3) is 0 Å². The number of unbranched alkanes of at least 4 members (excludes halogenated alkanes) is 19. The van der Waals surface area contributed by atoms with Crippen molar-refractivity contribution in [2.75, 3.05) is 0 Å². The molecule has 0 unspecified atom stereocenters. The normalized spacial score (nSPS) is 12.4. The lowest BCUT2D eigenvalue weighted by Gasteiger charge is -2.06. The number of hydrogen-bond donors (Lipinski definition) is 2. The highest BCUT2D eigenvalue weighted by Crippen LogP contribution is 2.15. The second-order valence-corrected chi connectivity index (χ2v) is 8.42. The van der Waals surface area contributed by atoms with Gasteiger partial charge in [-0.3, -0.25) is 4.79 Å². The Hall–Kier alpha value is -0.570. The lowest BCUT2D eigenvalue weighted by Crippen LogP contribution is -2.27. The Morgan fingerprint density at radius 2 is 0.852 bits per heavy atom. The van der Waals surface area contributed by atoms with Gasteiger partial charge in [0.15, 0.2) is 0 Å². The SMILES string of the molecule is CCCCCCCCCCCCCCCCCCCCCC[C@H](O)C(N)=O. The van der Waals surface area contributed by atoms with Crippen molar-refractivity contribution >= 4 is 5.91 Å². The zero-order valence-electron chi connectivity index (χ0n) is 18.4. The number of nitrogens with two attached hydrogens (primary N) is 1. The maximum atomic E-state index is 10.7. The minimum Gasteiger partial charge on any atom is -0.383 e. The van der Waals surface area contributed by atoms with Crippen molar-refractivity contribution in [3.05, 3.63) is 0 Å². The van der Waals surface area contributed by atoms with E-state index in [1.807, 2.05) is 0 Å². The number of hydrogen-bond acceptors (Lipinski definition) is 2. The first-order valence-corrected chi connectivity index (χ1v) is 12.2.